The molecule has 3 heterocycles. The quantitative estimate of drug-likeness (QED) is 0.159. The Morgan fingerprint density at radius 3 is 2.76 bits per heavy atom. The van der Waals surface area contributed by atoms with E-state index in [-0.39, 0.29) is 23.5 Å². The average Bonchev–Trinajstić information content (AvgIpc) is 3.45. The summed E-state index contributed by atoms with van der Waals surface area (Å²) in [5.41, 5.74) is -0.508. The summed E-state index contributed by atoms with van der Waals surface area (Å²) in [5.74, 6) is -0.715. The van der Waals surface area contributed by atoms with Gasteiger partial charge in [0.15, 0.2) is 5.16 Å². The van der Waals surface area contributed by atoms with Gasteiger partial charge < -0.3 is 5.32 Å². The van der Waals surface area contributed by atoms with E-state index in [4.69, 9.17) is 11.6 Å². The third-order valence-electron chi connectivity index (χ3n) is 4.64. The van der Waals surface area contributed by atoms with E-state index in [9.17, 15) is 22.8 Å². The highest BCUT2D eigenvalue weighted by atomic mass is 35.5. The number of nitrogens with zero attached hydrogens (tertiary/aromatic N) is 2. The largest absolute Gasteiger partial charge is 0.417 e. The summed E-state index contributed by atoms with van der Waals surface area (Å²) >= 11 is 9.49. The molecule has 0 spiro atoms. The molecule has 0 radical (unpaired) electrons. The fourth-order valence-corrected chi connectivity index (χ4v) is 6.00. The lowest BCUT2D eigenvalue weighted by Gasteiger charge is -2.12. The number of amides is 1. The van der Waals surface area contributed by atoms with Crippen LogP contribution in [0.5, 0.6) is 0 Å². The fraction of sp³-hybridized carbons (Fsp3) is 0.136. The Morgan fingerprint density at radius 2 is 2.09 bits per heavy atom. The van der Waals surface area contributed by atoms with Crippen molar-refractivity contribution in [1.29, 1.82) is 0 Å². The van der Waals surface area contributed by atoms with Crippen LogP contribution < -0.4 is 10.9 Å². The molecule has 1 amide bonds. The predicted molar refractivity (Wildman–Crippen MR) is 133 cm³/mol. The molecular weight excluding hydrogens is 527 g/mol. The number of nitrogens with one attached hydrogen (secondary N) is 1. The van der Waals surface area contributed by atoms with E-state index >= 15 is 0 Å². The average molecular weight is 542 g/mol. The maximum atomic E-state index is 13.3. The lowest BCUT2D eigenvalue weighted by molar-refractivity contribution is -0.137. The molecule has 1 aromatic carbocycles. The number of benzene rings is 1. The van der Waals surface area contributed by atoms with Gasteiger partial charge in [-0.3, -0.25) is 14.2 Å². The first kappa shape index (κ1) is 24.5. The third-order valence-corrected chi connectivity index (χ3v) is 7.73. The normalized spacial score (nSPS) is 11.6. The molecular formula is C22H15ClF3N3O2S3. The SMILES string of the molecule is C=CCn1c(SCC(=O)Nc2ccc(Cl)c(C(F)(F)F)c2)nc2scc(-c3cccs3)c2c1=O. The third kappa shape index (κ3) is 5.07. The Labute approximate surface area is 208 Å². The number of thiophene rings is 2. The van der Waals surface area contributed by atoms with Gasteiger partial charge in [0.25, 0.3) is 5.56 Å². The second-order valence-corrected chi connectivity index (χ2v) is 10.1. The van der Waals surface area contributed by atoms with Crippen LogP contribution in [-0.2, 0) is 17.5 Å². The first-order chi connectivity index (χ1) is 16.2. The number of carbonyl (C=O) groups excluding carboxylic acids is 1. The highest BCUT2D eigenvalue weighted by Gasteiger charge is 2.33. The molecule has 4 aromatic rings. The van der Waals surface area contributed by atoms with Crippen molar-refractivity contribution in [3.63, 3.8) is 0 Å². The second-order valence-electron chi connectivity index (χ2n) is 6.93. The highest BCUT2D eigenvalue weighted by Crippen LogP contribution is 2.37. The van der Waals surface area contributed by atoms with Crippen LogP contribution in [0.25, 0.3) is 20.7 Å². The minimum absolute atomic E-state index is 0.0342. The smallest absolute Gasteiger partial charge is 0.325 e. The van der Waals surface area contributed by atoms with Crippen LogP contribution in [0.1, 0.15) is 5.56 Å². The molecule has 0 unspecified atom stereocenters. The summed E-state index contributed by atoms with van der Waals surface area (Å²) in [6.07, 6.45) is -3.09. The van der Waals surface area contributed by atoms with E-state index in [1.165, 1.54) is 33.3 Å². The standard InChI is InChI=1S/C22H15ClF3N3O2S3/c1-2-7-29-20(31)18-13(16-4-3-8-32-16)10-33-19(18)28-21(29)34-11-17(30)27-12-5-6-15(23)14(9-12)22(24,25)26/h2-6,8-10H,1,7,11H2,(H,27,30). The van der Waals surface area contributed by atoms with Crippen molar-refractivity contribution in [1.82, 2.24) is 9.55 Å². The minimum atomic E-state index is -4.64. The number of hydrogen-bond acceptors (Lipinski definition) is 6. The van der Waals surface area contributed by atoms with E-state index in [2.05, 4.69) is 16.9 Å². The number of fused-ring (bicyclic) bond motifs is 1. The van der Waals surface area contributed by atoms with E-state index in [0.29, 0.717) is 15.4 Å². The van der Waals surface area contributed by atoms with Gasteiger partial charge in [0.05, 0.1) is 21.7 Å². The van der Waals surface area contributed by atoms with Crippen molar-refractivity contribution in [2.45, 2.75) is 17.9 Å². The van der Waals surface area contributed by atoms with Gasteiger partial charge in [0.1, 0.15) is 4.83 Å². The fourth-order valence-electron chi connectivity index (χ4n) is 3.17. The number of carbonyl (C=O) groups is 1. The Kier molecular flexibility index (Phi) is 7.17. The molecule has 12 heteroatoms. The monoisotopic (exact) mass is 541 g/mol. The van der Waals surface area contributed by atoms with Gasteiger partial charge in [-0.15, -0.1) is 29.3 Å². The Balaban J connectivity index is 1.58. The predicted octanol–water partition coefficient (Wildman–Crippen LogP) is 6.78. The topological polar surface area (TPSA) is 64.0 Å². The van der Waals surface area contributed by atoms with E-state index in [0.717, 1.165) is 34.3 Å². The summed E-state index contributed by atoms with van der Waals surface area (Å²) < 4.78 is 40.6. The molecule has 0 aliphatic rings. The number of thioether (sulfide) groups is 1. The summed E-state index contributed by atoms with van der Waals surface area (Å²) in [6.45, 7) is 3.88. The number of halogens is 4. The van der Waals surface area contributed by atoms with Crippen LogP contribution in [0.4, 0.5) is 18.9 Å². The van der Waals surface area contributed by atoms with Crippen LogP contribution in [0.2, 0.25) is 5.02 Å². The summed E-state index contributed by atoms with van der Waals surface area (Å²) in [6, 6.07) is 6.97. The Hall–Kier alpha value is -2.60. The summed E-state index contributed by atoms with van der Waals surface area (Å²) in [4.78, 5) is 31.8. The number of hydrogen-bond donors (Lipinski definition) is 1. The summed E-state index contributed by atoms with van der Waals surface area (Å²) in [7, 11) is 0. The van der Waals surface area contributed by atoms with E-state index in [1.54, 1.807) is 6.08 Å². The van der Waals surface area contributed by atoms with Crippen molar-refractivity contribution >= 4 is 67.8 Å². The number of allylic oxidation sites excluding steroid dienone is 1. The molecule has 1 N–H and O–H groups in total. The molecule has 3 aromatic heterocycles. The van der Waals surface area contributed by atoms with Crippen molar-refractivity contribution in [3.05, 3.63) is 74.7 Å². The van der Waals surface area contributed by atoms with Crippen molar-refractivity contribution in [3.8, 4) is 10.4 Å². The zero-order chi connectivity index (χ0) is 24.5. The molecule has 0 saturated heterocycles. The Bertz CT molecular complexity index is 1430. The van der Waals surface area contributed by atoms with Crippen LogP contribution in [0.3, 0.4) is 0 Å². The molecule has 0 bridgehead atoms. The Morgan fingerprint density at radius 1 is 1.29 bits per heavy atom. The number of alkyl halides is 3. The molecule has 0 fully saturated rings. The molecule has 4 rings (SSSR count). The van der Waals surface area contributed by atoms with E-state index < -0.39 is 22.7 Å². The lowest BCUT2D eigenvalue weighted by Crippen LogP contribution is -2.23. The highest BCUT2D eigenvalue weighted by molar-refractivity contribution is 7.99. The molecule has 0 saturated carbocycles. The maximum Gasteiger partial charge on any atom is 0.417 e. The zero-order valence-corrected chi connectivity index (χ0v) is 20.4. The van der Waals surface area contributed by atoms with Crippen molar-refractivity contribution in [2.24, 2.45) is 0 Å². The van der Waals surface area contributed by atoms with Crippen molar-refractivity contribution < 1.29 is 18.0 Å². The molecule has 5 nitrogen and oxygen atoms in total. The van der Waals surface area contributed by atoms with Crippen molar-refractivity contribution in [2.75, 3.05) is 11.1 Å². The van der Waals surface area contributed by atoms with Gasteiger partial charge in [0, 0.05) is 28.1 Å². The van der Waals surface area contributed by atoms with Crippen LogP contribution in [-0.4, -0.2) is 21.2 Å². The lowest BCUT2D eigenvalue weighted by atomic mass is 10.2. The number of aromatic nitrogens is 2. The minimum Gasteiger partial charge on any atom is -0.325 e. The molecule has 0 aliphatic carbocycles. The molecule has 0 atom stereocenters. The van der Waals surface area contributed by atoms with Gasteiger partial charge in [-0.2, -0.15) is 13.2 Å². The number of rotatable bonds is 7. The van der Waals surface area contributed by atoms with Gasteiger partial charge in [-0.05, 0) is 29.6 Å². The second kappa shape index (κ2) is 9.95. The van der Waals surface area contributed by atoms with Gasteiger partial charge >= 0.3 is 6.18 Å². The van der Waals surface area contributed by atoms with Gasteiger partial charge in [0.2, 0.25) is 5.91 Å². The van der Waals surface area contributed by atoms with E-state index in [1.807, 2.05) is 22.9 Å². The van der Waals surface area contributed by atoms with Crippen LogP contribution in [0.15, 0.2) is 63.7 Å². The van der Waals surface area contributed by atoms with Crippen LogP contribution in [0, 0.1) is 0 Å². The molecule has 34 heavy (non-hydrogen) atoms. The zero-order valence-electron chi connectivity index (χ0n) is 17.2. The molecule has 176 valence electrons. The number of anilines is 1. The first-order valence-corrected chi connectivity index (χ1v) is 12.8. The van der Waals surface area contributed by atoms with Gasteiger partial charge in [-0.1, -0.05) is 35.5 Å². The maximum absolute atomic E-state index is 13.3. The van der Waals surface area contributed by atoms with Gasteiger partial charge in [-0.25, -0.2) is 4.98 Å². The molecule has 0 aliphatic heterocycles. The summed E-state index contributed by atoms with van der Waals surface area (Å²) in [5, 5.41) is 6.60. The van der Waals surface area contributed by atoms with Crippen LogP contribution >= 0.6 is 46.0 Å². The first-order valence-electron chi connectivity index (χ1n) is 9.65.